The number of nitrogens with zero attached hydrogens (tertiary/aromatic N) is 2. The molecule has 1 fully saturated rings. The van der Waals surface area contributed by atoms with E-state index in [0.29, 0.717) is 5.92 Å². The van der Waals surface area contributed by atoms with Gasteiger partial charge in [0.1, 0.15) is 11.9 Å². The summed E-state index contributed by atoms with van der Waals surface area (Å²) < 4.78 is 13.0. The molecular formula is C26H32FN3. The van der Waals surface area contributed by atoms with E-state index in [2.05, 4.69) is 28.1 Å². The minimum absolute atomic E-state index is 0.157. The number of benzene rings is 2. The third kappa shape index (κ3) is 5.49. The van der Waals surface area contributed by atoms with Gasteiger partial charge in [0.25, 0.3) is 0 Å². The van der Waals surface area contributed by atoms with Crippen molar-refractivity contribution in [2.75, 3.05) is 19.6 Å². The molecule has 0 bridgehead atoms. The summed E-state index contributed by atoms with van der Waals surface area (Å²) in [5.41, 5.74) is 4.30. The van der Waals surface area contributed by atoms with E-state index in [0.717, 1.165) is 55.4 Å². The summed E-state index contributed by atoms with van der Waals surface area (Å²) in [7, 11) is 0. The molecule has 0 unspecified atom stereocenters. The predicted octanol–water partition coefficient (Wildman–Crippen LogP) is 6.09. The zero-order valence-electron chi connectivity index (χ0n) is 18.1. The van der Waals surface area contributed by atoms with Crippen LogP contribution in [0.15, 0.2) is 48.7 Å². The highest BCUT2D eigenvalue weighted by Gasteiger charge is 2.19. The zero-order valence-corrected chi connectivity index (χ0v) is 18.1. The summed E-state index contributed by atoms with van der Waals surface area (Å²) in [5, 5.41) is 10.4. The second-order valence-corrected chi connectivity index (χ2v) is 7.87. The van der Waals surface area contributed by atoms with Crippen LogP contribution in [-0.4, -0.2) is 29.5 Å². The molecule has 4 heteroatoms. The Morgan fingerprint density at radius 3 is 2.53 bits per heavy atom. The lowest BCUT2D eigenvalue weighted by Gasteiger charge is -2.32. The number of likely N-dealkylation sites (tertiary alicyclic amines) is 1. The van der Waals surface area contributed by atoms with Crippen LogP contribution in [-0.2, 0) is 12.8 Å². The largest absolute Gasteiger partial charge is 0.360 e. The number of hydrogen-bond acceptors (Lipinski definition) is 2. The van der Waals surface area contributed by atoms with Crippen molar-refractivity contribution in [3.05, 3.63) is 71.2 Å². The number of aryl methyl sites for hydroxylation is 1. The molecule has 1 N–H and O–H groups in total. The molecule has 0 atom stereocenters. The number of H-pyrrole nitrogens is 1. The topological polar surface area (TPSA) is 42.8 Å². The monoisotopic (exact) mass is 405 g/mol. The minimum atomic E-state index is -0.157. The Morgan fingerprint density at radius 1 is 1.10 bits per heavy atom. The SMILES string of the molecule is CC.N#Cc1c[nH]c2cccc(CCCN3CCC(Cc4ccc(F)cc4)CC3)c12. The number of rotatable bonds is 6. The molecule has 3 nitrogen and oxygen atoms in total. The van der Waals surface area contributed by atoms with Crippen LogP contribution in [0.3, 0.4) is 0 Å². The second-order valence-electron chi connectivity index (χ2n) is 7.87. The van der Waals surface area contributed by atoms with Crippen molar-refractivity contribution in [1.29, 1.82) is 5.26 Å². The van der Waals surface area contributed by atoms with Crippen molar-refractivity contribution in [1.82, 2.24) is 9.88 Å². The maximum atomic E-state index is 13.0. The number of aromatic nitrogens is 1. The Hall–Kier alpha value is -2.64. The van der Waals surface area contributed by atoms with E-state index in [-0.39, 0.29) is 5.82 Å². The fraction of sp³-hybridized carbons (Fsp3) is 0.423. The zero-order chi connectivity index (χ0) is 21.3. The van der Waals surface area contributed by atoms with Crippen molar-refractivity contribution in [2.45, 2.75) is 46.0 Å². The average molecular weight is 406 g/mol. The molecule has 158 valence electrons. The molecule has 0 aliphatic carbocycles. The molecule has 4 rings (SSSR count). The first-order chi connectivity index (χ1) is 14.7. The summed E-state index contributed by atoms with van der Waals surface area (Å²) in [6.07, 6.45) is 7.39. The first-order valence-corrected chi connectivity index (χ1v) is 11.2. The summed E-state index contributed by atoms with van der Waals surface area (Å²) in [6.45, 7) is 7.39. The molecule has 1 aliphatic heterocycles. The van der Waals surface area contributed by atoms with Gasteiger partial charge in [0, 0.05) is 17.1 Å². The highest BCUT2D eigenvalue weighted by molar-refractivity contribution is 5.88. The molecule has 0 spiro atoms. The quantitative estimate of drug-likeness (QED) is 0.539. The Labute approximate surface area is 179 Å². The highest BCUT2D eigenvalue weighted by atomic mass is 19.1. The minimum Gasteiger partial charge on any atom is -0.360 e. The first kappa shape index (κ1) is 22.1. The summed E-state index contributed by atoms with van der Waals surface area (Å²) in [5.74, 6) is 0.546. The van der Waals surface area contributed by atoms with Crippen molar-refractivity contribution >= 4 is 10.9 Å². The molecule has 0 radical (unpaired) electrons. The third-order valence-corrected chi connectivity index (χ3v) is 5.98. The molecule has 2 aromatic carbocycles. The summed E-state index contributed by atoms with van der Waals surface area (Å²) in [4.78, 5) is 5.75. The van der Waals surface area contributed by atoms with Gasteiger partial charge in [-0.2, -0.15) is 5.26 Å². The van der Waals surface area contributed by atoms with Gasteiger partial charge < -0.3 is 9.88 Å². The predicted molar refractivity (Wildman–Crippen MR) is 122 cm³/mol. The van der Waals surface area contributed by atoms with E-state index < -0.39 is 0 Å². The van der Waals surface area contributed by atoms with Crippen LogP contribution < -0.4 is 0 Å². The van der Waals surface area contributed by atoms with Gasteiger partial charge in [-0.25, -0.2) is 4.39 Å². The molecule has 3 aromatic rings. The number of halogens is 1. The van der Waals surface area contributed by atoms with Crippen molar-refractivity contribution in [3.8, 4) is 6.07 Å². The maximum Gasteiger partial charge on any atom is 0.123 e. The number of piperidine rings is 1. The van der Waals surface area contributed by atoms with Crippen LogP contribution in [0.1, 0.15) is 49.8 Å². The van der Waals surface area contributed by atoms with Crippen LogP contribution in [0.4, 0.5) is 4.39 Å². The number of hydrogen-bond donors (Lipinski definition) is 1. The lowest BCUT2D eigenvalue weighted by Crippen LogP contribution is -2.35. The Kier molecular flexibility index (Phi) is 8.04. The van der Waals surface area contributed by atoms with E-state index in [1.165, 1.54) is 24.0 Å². The maximum absolute atomic E-state index is 13.0. The van der Waals surface area contributed by atoms with Gasteiger partial charge in [-0.05, 0) is 87.0 Å². The average Bonchev–Trinajstić information content (AvgIpc) is 3.22. The number of fused-ring (bicyclic) bond motifs is 1. The fourth-order valence-corrected chi connectivity index (χ4v) is 4.42. The van der Waals surface area contributed by atoms with Gasteiger partial charge >= 0.3 is 0 Å². The van der Waals surface area contributed by atoms with Crippen molar-refractivity contribution < 1.29 is 4.39 Å². The van der Waals surface area contributed by atoms with Crippen LogP contribution in [0, 0.1) is 23.1 Å². The van der Waals surface area contributed by atoms with Gasteiger partial charge in [-0.3, -0.25) is 0 Å². The van der Waals surface area contributed by atoms with Crippen LogP contribution in [0.2, 0.25) is 0 Å². The number of nitrogens with one attached hydrogen (secondary N) is 1. The second kappa shape index (κ2) is 10.9. The lowest BCUT2D eigenvalue weighted by molar-refractivity contribution is 0.182. The molecule has 1 aliphatic rings. The van der Waals surface area contributed by atoms with Crippen LogP contribution in [0.5, 0.6) is 0 Å². The normalized spacial score (nSPS) is 14.9. The molecule has 0 amide bonds. The van der Waals surface area contributed by atoms with E-state index in [4.69, 9.17) is 0 Å². The standard InChI is InChI=1S/C24H26FN3.C2H6/c25-22-8-6-18(7-9-22)15-19-10-13-28(14-11-19)12-2-4-20-3-1-5-23-24(20)21(16-26)17-27-23;1-2/h1,3,5-9,17,19,27H,2,4,10-15H2;1-2H3. The van der Waals surface area contributed by atoms with Crippen LogP contribution in [0.25, 0.3) is 10.9 Å². The molecule has 2 heterocycles. The molecular weight excluding hydrogens is 373 g/mol. The van der Waals surface area contributed by atoms with Gasteiger partial charge in [-0.1, -0.05) is 38.1 Å². The highest BCUT2D eigenvalue weighted by Crippen LogP contribution is 2.25. The fourth-order valence-electron chi connectivity index (χ4n) is 4.42. The van der Waals surface area contributed by atoms with Crippen molar-refractivity contribution in [2.24, 2.45) is 5.92 Å². The summed E-state index contributed by atoms with van der Waals surface area (Å²) in [6, 6.07) is 15.5. The lowest BCUT2D eigenvalue weighted by atomic mass is 9.90. The summed E-state index contributed by atoms with van der Waals surface area (Å²) >= 11 is 0. The van der Waals surface area contributed by atoms with E-state index in [1.54, 1.807) is 18.3 Å². The van der Waals surface area contributed by atoms with E-state index in [9.17, 15) is 9.65 Å². The molecule has 0 saturated carbocycles. The Morgan fingerprint density at radius 2 is 1.83 bits per heavy atom. The van der Waals surface area contributed by atoms with Crippen molar-refractivity contribution in [3.63, 3.8) is 0 Å². The van der Waals surface area contributed by atoms with Gasteiger partial charge in [-0.15, -0.1) is 0 Å². The van der Waals surface area contributed by atoms with E-state index >= 15 is 0 Å². The number of nitriles is 1. The van der Waals surface area contributed by atoms with Gasteiger partial charge in [0.15, 0.2) is 0 Å². The van der Waals surface area contributed by atoms with E-state index in [1.807, 2.05) is 32.0 Å². The molecule has 1 aromatic heterocycles. The molecule has 1 saturated heterocycles. The smallest absolute Gasteiger partial charge is 0.123 e. The van der Waals surface area contributed by atoms with Crippen LogP contribution >= 0.6 is 0 Å². The molecule has 30 heavy (non-hydrogen) atoms. The third-order valence-electron chi connectivity index (χ3n) is 5.98. The van der Waals surface area contributed by atoms with Gasteiger partial charge in [0.05, 0.1) is 5.56 Å². The number of aromatic amines is 1. The van der Waals surface area contributed by atoms with Gasteiger partial charge in [0.2, 0.25) is 0 Å². The Bertz CT molecular complexity index is 960. The Balaban J connectivity index is 0.00000124. The first-order valence-electron chi connectivity index (χ1n) is 11.2.